The van der Waals surface area contributed by atoms with Gasteiger partial charge in [-0.15, -0.1) is 0 Å². The Hall–Kier alpha value is -1.06. The van der Waals surface area contributed by atoms with E-state index in [4.69, 9.17) is 11.6 Å². The summed E-state index contributed by atoms with van der Waals surface area (Å²) in [6.07, 6.45) is 3.24. The van der Waals surface area contributed by atoms with E-state index in [2.05, 4.69) is 12.2 Å². The molecule has 2 unspecified atom stereocenters. The van der Waals surface area contributed by atoms with Crippen molar-refractivity contribution in [2.45, 2.75) is 44.8 Å². The molecule has 0 spiro atoms. The maximum Gasteiger partial charge on any atom is 0.244 e. The third-order valence-corrected chi connectivity index (χ3v) is 4.76. The number of amides is 1. The highest BCUT2D eigenvalue weighted by Gasteiger charge is 2.48. The number of nitrogens with one attached hydrogen (secondary N) is 1. The molecule has 1 aliphatic heterocycles. The molecule has 1 N–H and O–H groups in total. The number of carbonyl (C=O) groups is 1. The molecule has 20 heavy (non-hydrogen) atoms. The van der Waals surface area contributed by atoms with Crippen LogP contribution in [-0.4, -0.2) is 22.9 Å². The maximum absolute atomic E-state index is 12.7. The summed E-state index contributed by atoms with van der Waals surface area (Å²) in [5.41, 5.74) is 0.616. The van der Waals surface area contributed by atoms with Crippen LogP contribution in [0.4, 0.5) is 0 Å². The van der Waals surface area contributed by atoms with E-state index >= 15 is 0 Å². The lowest BCUT2D eigenvalue weighted by Crippen LogP contribution is -2.43. The van der Waals surface area contributed by atoms with E-state index in [-0.39, 0.29) is 12.1 Å². The van der Waals surface area contributed by atoms with Gasteiger partial charge < -0.3 is 4.90 Å². The van der Waals surface area contributed by atoms with Crippen molar-refractivity contribution in [3.8, 4) is 0 Å². The van der Waals surface area contributed by atoms with Crippen LogP contribution in [0.1, 0.15) is 44.8 Å². The molecule has 2 atom stereocenters. The van der Waals surface area contributed by atoms with Crippen LogP contribution in [0, 0.1) is 5.92 Å². The van der Waals surface area contributed by atoms with Crippen LogP contribution in [0.15, 0.2) is 24.3 Å². The topological polar surface area (TPSA) is 32.3 Å². The SMILES string of the molecule is CCC1(C)NC(c2cccc(Cl)c2)N(CC2CC2)C1=O. The van der Waals surface area contributed by atoms with E-state index in [9.17, 15) is 4.79 Å². The van der Waals surface area contributed by atoms with E-state index in [0.717, 1.165) is 18.5 Å². The molecule has 0 radical (unpaired) electrons. The van der Waals surface area contributed by atoms with Gasteiger partial charge in [0.1, 0.15) is 6.17 Å². The van der Waals surface area contributed by atoms with Crippen LogP contribution < -0.4 is 5.32 Å². The maximum atomic E-state index is 12.7. The highest BCUT2D eigenvalue weighted by molar-refractivity contribution is 6.30. The van der Waals surface area contributed by atoms with Crippen LogP contribution >= 0.6 is 11.6 Å². The summed E-state index contributed by atoms with van der Waals surface area (Å²) >= 11 is 6.10. The van der Waals surface area contributed by atoms with Gasteiger partial charge in [-0.25, -0.2) is 0 Å². The third kappa shape index (κ3) is 2.45. The van der Waals surface area contributed by atoms with Gasteiger partial charge in [0.25, 0.3) is 0 Å². The van der Waals surface area contributed by atoms with Gasteiger partial charge in [-0.3, -0.25) is 10.1 Å². The number of nitrogens with zero attached hydrogens (tertiary/aromatic N) is 1. The van der Waals surface area contributed by atoms with Crippen molar-refractivity contribution in [1.29, 1.82) is 0 Å². The van der Waals surface area contributed by atoms with Crippen molar-refractivity contribution >= 4 is 17.5 Å². The highest BCUT2D eigenvalue weighted by atomic mass is 35.5. The van der Waals surface area contributed by atoms with Crippen molar-refractivity contribution in [3.63, 3.8) is 0 Å². The summed E-state index contributed by atoms with van der Waals surface area (Å²) in [4.78, 5) is 14.7. The average molecular weight is 293 g/mol. The van der Waals surface area contributed by atoms with Gasteiger partial charge in [0, 0.05) is 11.6 Å². The molecule has 3 nitrogen and oxygen atoms in total. The normalized spacial score (nSPS) is 30.1. The molecule has 1 heterocycles. The van der Waals surface area contributed by atoms with E-state index in [1.165, 1.54) is 12.8 Å². The predicted octanol–water partition coefficient (Wildman–Crippen LogP) is 3.35. The Morgan fingerprint density at radius 2 is 2.20 bits per heavy atom. The lowest BCUT2D eigenvalue weighted by Gasteiger charge is -2.24. The van der Waals surface area contributed by atoms with Gasteiger partial charge in [-0.2, -0.15) is 0 Å². The van der Waals surface area contributed by atoms with Crippen molar-refractivity contribution in [2.75, 3.05) is 6.54 Å². The molecular weight excluding hydrogens is 272 g/mol. The molecule has 0 aromatic heterocycles. The molecule has 1 aliphatic carbocycles. The Morgan fingerprint density at radius 3 is 2.80 bits per heavy atom. The zero-order chi connectivity index (χ0) is 14.3. The first kappa shape index (κ1) is 13.9. The van der Waals surface area contributed by atoms with Gasteiger partial charge in [-0.1, -0.05) is 30.7 Å². The predicted molar refractivity (Wildman–Crippen MR) is 80.5 cm³/mol. The fraction of sp³-hybridized carbons (Fsp3) is 0.562. The monoisotopic (exact) mass is 292 g/mol. The van der Waals surface area contributed by atoms with Crippen LogP contribution in [0.2, 0.25) is 5.02 Å². The third-order valence-electron chi connectivity index (χ3n) is 4.52. The molecule has 1 amide bonds. The van der Waals surface area contributed by atoms with Gasteiger partial charge in [0.2, 0.25) is 5.91 Å². The van der Waals surface area contributed by atoms with Crippen LogP contribution in [0.25, 0.3) is 0 Å². The Kier molecular flexibility index (Phi) is 3.51. The molecule has 3 rings (SSSR count). The Labute approximate surface area is 125 Å². The van der Waals surface area contributed by atoms with Crippen LogP contribution in [-0.2, 0) is 4.79 Å². The number of rotatable bonds is 4. The molecule has 1 saturated carbocycles. The fourth-order valence-corrected chi connectivity index (χ4v) is 3.03. The van der Waals surface area contributed by atoms with E-state index in [0.29, 0.717) is 10.9 Å². The second-order valence-corrected chi connectivity index (χ2v) is 6.62. The molecule has 0 bridgehead atoms. The van der Waals surface area contributed by atoms with Crippen LogP contribution in [0.5, 0.6) is 0 Å². The molecule has 2 aliphatic rings. The average Bonchev–Trinajstić information content (AvgIpc) is 3.21. The minimum Gasteiger partial charge on any atom is -0.321 e. The first-order chi connectivity index (χ1) is 9.53. The van der Waals surface area contributed by atoms with Crippen molar-refractivity contribution in [1.82, 2.24) is 10.2 Å². The zero-order valence-corrected chi connectivity index (χ0v) is 12.8. The number of halogens is 1. The minimum atomic E-state index is -0.456. The van der Waals surface area contributed by atoms with Crippen molar-refractivity contribution < 1.29 is 4.79 Å². The Bertz CT molecular complexity index is 529. The first-order valence-corrected chi connectivity index (χ1v) is 7.75. The number of hydrogen-bond acceptors (Lipinski definition) is 2. The van der Waals surface area contributed by atoms with E-state index in [1.54, 1.807) is 0 Å². The first-order valence-electron chi connectivity index (χ1n) is 7.38. The Morgan fingerprint density at radius 1 is 1.45 bits per heavy atom. The molecule has 4 heteroatoms. The second kappa shape index (κ2) is 5.05. The molecule has 1 aromatic rings. The second-order valence-electron chi connectivity index (χ2n) is 6.19. The van der Waals surface area contributed by atoms with Gasteiger partial charge in [0.05, 0.1) is 5.54 Å². The quantitative estimate of drug-likeness (QED) is 0.923. The van der Waals surface area contributed by atoms with Crippen molar-refractivity contribution in [3.05, 3.63) is 34.9 Å². The van der Waals surface area contributed by atoms with E-state index in [1.807, 2.05) is 36.1 Å². The van der Waals surface area contributed by atoms with Crippen LogP contribution in [0.3, 0.4) is 0 Å². The molecule has 1 aromatic carbocycles. The smallest absolute Gasteiger partial charge is 0.244 e. The minimum absolute atomic E-state index is 0.0493. The lowest BCUT2D eigenvalue weighted by atomic mass is 9.99. The standard InChI is InChI=1S/C16H21ClN2O/c1-3-16(2)15(20)19(10-11-7-8-11)14(18-16)12-5-4-6-13(17)9-12/h4-6,9,11,14,18H,3,7-8,10H2,1-2H3. The summed E-state index contributed by atoms with van der Waals surface area (Å²) in [5, 5.41) is 4.23. The summed E-state index contributed by atoms with van der Waals surface area (Å²) in [6, 6.07) is 7.80. The largest absolute Gasteiger partial charge is 0.321 e. The molecule has 1 saturated heterocycles. The molecule has 108 valence electrons. The number of carbonyl (C=O) groups excluding carboxylic acids is 1. The summed E-state index contributed by atoms with van der Waals surface area (Å²) in [6.45, 7) is 4.92. The van der Waals surface area contributed by atoms with Gasteiger partial charge in [0.15, 0.2) is 0 Å². The van der Waals surface area contributed by atoms with Gasteiger partial charge in [-0.05, 0) is 49.8 Å². The Balaban J connectivity index is 1.92. The zero-order valence-electron chi connectivity index (χ0n) is 12.0. The van der Waals surface area contributed by atoms with Gasteiger partial charge >= 0.3 is 0 Å². The van der Waals surface area contributed by atoms with Crippen molar-refractivity contribution in [2.24, 2.45) is 5.92 Å². The summed E-state index contributed by atoms with van der Waals surface area (Å²) in [5.74, 6) is 0.901. The summed E-state index contributed by atoms with van der Waals surface area (Å²) < 4.78 is 0. The number of benzene rings is 1. The lowest BCUT2D eigenvalue weighted by molar-refractivity contribution is -0.133. The summed E-state index contributed by atoms with van der Waals surface area (Å²) in [7, 11) is 0. The fourth-order valence-electron chi connectivity index (χ4n) is 2.84. The number of hydrogen-bond donors (Lipinski definition) is 1. The molecule has 2 fully saturated rings. The van der Waals surface area contributed by atoms with E-state index < -0.39 is 5.54 Å². The highest BCUT2D eigenvalue weighted by Crippen LogP contribution is 2.38. The molecular formula is C16H21ClN2O.